The Balaban J connectivity index is 1.26. The van der Waals surface area contributed by atoms with Crippen molar-refractivity contribution >= 4 is 28.3 Å². The summed E-state index contributed by atoms with van der Waals surface area (Å²) in [7, 11) is 3.99. The van der Waals surface area contributed by atoms with Crippen LogP contribution < -0.4 is 9.80 Å². The van der Waals surface area contributed by atoms with E-state index in [0.717, 1.165) is 65.2 Å². The van der Waals surface area contributed by atoms with E-state index in [4.69, 9.17) is 4.98 Å². The first-order valence-corrected chi connectivity index (χ1v) is 13.4. The Hall–Kier alpha value is -4.42. The van der Waals surface area contributed by atoms with Crippen molar-refractivity contribution in [1.82, 2.24) is 14.9 Å². The normalized spacial score (nSPS) is 14.1. The van der Waals surface area contributed by atoms with E-state index in [1.165, 1.54) is 11.3 Å². The Labute approximate surface area is 229 Å². The fourth-order valence-electron chi connectivity index (χ4n) is 5.39. The molecule has 0 bridgehead atoms. The smallest absolute Gasteiger partial charge is 0.258 e. The second-order valence-electron chi connectivity index (χ2n) is 10.4. The van der Waals surface area contributed by atoms with Crippen LogP contribution in [0.4, 0.5) is 11.4 Å². The first-order chi connectivity index (χ1) is 19.0. The minimum atomic E-state index is -0.0361. The van der Waals surface area contributed by atoms with Crippen LogP contribution in [0.15, 0.2) is 91.3 Å². The number of rotatable bonds is 5. The lowest BCUT2D eigenvalue weighted by molar-refractivity contribution is 0.0993. The van der Waals surface area contributed by atoms with Gasteiger partial charge < -0.3 is 19.7 Å². The lowest BCUT2D eigenvalue weighted by Crippen LogP contribution is -2.44. The van der Waals surface area contributed by atoms with Gasteiger partial charge in [-0.2, -0.15) is 0 Å². The molecule has 0 unspecified atom stereocenters. The third-order valence-corrected chi connectivity index (χ3v) is 7.80. The van der Waals surface area contributed by atoms with Crippen LogP contribution in [-0.4, -0.2) is 61.0 Å². The summed E-state index contributed by atoms with van der Waals surface area (Å²) < 4.78 is 0. The molecule has 1 N–H and O–H groups in total. The molecule has 2 aromatic heterocycles. The number of anilines is 2. The largest absolute Gasteiger partial charge is 0.369 e. The second kappa shape index (κ2) is 10.4. The summed E-state index contributed by atoms with van der Waals surface area (Å²) in [6, 6.07) is 26.4. The number of pyridine rings is 1. The molecule has 6 heteroatoms. The van der Waals surface area contributed by atoms with Gasteiger partial charge in [-0.1, -0.05) is 36.4 Å². The van der Waals surface area contributed by atoms with E-state index >= 15 is 0 Å². The number of hydrogen-bond acceptors (Lipinski definition) is 4. The third-order valence-electron chi connectivity index (χ3n) is 7.80. The summed E-state index contributed by atoms with van der Waals surface area (Å²) in [5.41, 5.74) is 9.34. The predicted octanol–water partition coefficient (Wildman–Crippen LogP) is 6.23. The number of hydrogen-bond donors (Lipinski definition) is 1. The molecule has 6 nitrogen and oxygen atoms in total. The highest BCUT2D eigenvalue weighted by Crippen LogP contribution is 2.33. The zero-order chi connectivity index (χ0) is 26.9. The first-order valence-electron chi connectivity index (χ1n) is 13.4. The number of para-hydroxylation sites is 1. The Morgan fingerprint density at radius 2 is 1.59 bits per heavy atom. The number of carbonyl (C=O) groups is 1. The number of aromatic nitrogens is 2. The van der Waals surface area contributed by atoms with Crippen molar-refractivity contribution in [3.05, 3.63) is 102 Å². The molecule has 3 heterocycles. The molecule has 39 heavy (non-hydrogen) atoms. The minimum absolute atomic E-state index is 0.0361. The molecule has 0 aliphatic carbocycles. The molecular formula is C33H33N5O. The molecule has 0 saturated carbocycles. The van der Waals surface area contributed by atoms with Crippen LogP contribution in [0.1, 0.15) is 15.9 Å². The van der Waals surface area contributed by atoms with Gasteiger partial charge in [0.15, 0.2) is 0 Å². The Morgan fingerprint density at radius 3 is 2.31 bits per heavy atom. The van der Waals surface area contributed by atoms with Crippen molar-refractivity contribution in [3.63, 3.8) is 0 Å². The lowest BCUT2D eigenvalue weighted by Gasteiger charge is -2.35. The van der Waals surface area contributed by atoms with Gasteiger partial charge in [0.05, 0.1) is 0 Å². The number of fused-ring (bicyclic) bond motifs is 1. The third kappa shape index (κ3) is 4.91. The lowest BCUT2D eigenvalue weighted by atomic mass is 9.99. The molecule has 196 valence electrons. The van der Waals surface area contributed by atoms with Gasteiger partial charge in [-0.25, -0.2) is 4.98 Å². The Bertz CT molecular complexity index is 1620. The van der Waals surface area contributed by atoms with Crippen molar-refractivity contribution in [2.75, 3.05) is 50.1 Å². The molecule has 1 fully saturated rings. The Morgan fingerprint density at radius 1 is 0.872 bits per heavy atom. The highest BCUT2D eigenvalue weighted by atomic mass is 16.2. The van der Waals surface area contributed by atoms with Gasteiger partial charge >= 0.3 is 0 Å². The molecule has 0 atom stereocenters. The maximum Gasteiger partial charge on any atom is 0.258 e. The second-order valence-corrected chi connectivity index (χ2v) is 10.4. The predicted molar refractivity (Wildman–Crippen MR) is 161 cm³/mol. The fraction of sp³-hybridized carbons (Fsp3) is 0.212. The van der Waals surface area contributed by atoms with E-state index < -0.39 is 0 Å². The van der Waals surface area contributed by atoms with Gasteiger partial charge in [-0.15, -0.1) is 0 Å². The van der Waals surface area contributed by atoms with Gasteiger partial charge in [0.25, 0.3) is 5.91 Å². The number of H-pyrrole nitrogens is 1. The molecule has 1 aliphatic heterocycles. The number of likely N-dealkylation sites (N-methyl/N-ethyl adjacent to an activating group) is 1. The van der Waals surface area contributed by atoms with Gasteiger partial charge in [0.2, 0.25) is 0 Å². The Kier molecular flexibility index (Phi) is 6.63. The molecule has 1 amide bonds. The summed E-state index contributed by atoms with van der Waals surface area (Å²) in [5, 5.41) is 1.06. The quantitative estimate of drug-likeness (QED) is 0.301. The number of amides is 1. The number of benzene rings is 3. The monoisotopic (exact) mass is 515 g/mol. The average molecular weight is 516 g/mol. The van der Waals surface area contributed by atoms with E-state index in [1.54, 1.807) is 11.9 Å². The van der Waals surface area contributed by atoms with E-state index in [2.05, 4.69) is 53.0 Å². The number of aryl methyl sites for hydroxylation is 1. The van der Waals surface area contributed by atoms with Crippen LogP contribution in [0.5, 0.6) is 0 Å². The standard InChI is InChI=1S/C33H33N5O/c1-23-19-26(13-14-31(23)38-17-15-36(2)16-18-38)27-20-29-30(22-35-32(29)34-21-27)24-9-11-25(12-10-24)33(39)37(3)28-7-5-4-6-8-28/h4-14,19-22H,15-18H2,1-3H3,(H,34,35). The molecule has 0 radical (unpaired) electrons. The van der Waals surface area contributed by atoms with Crippen LogP contribution in [-0.2, 0) is 0 Å². The van der Waals surface area contributed by atoms with Gasteiger partial charge in [-0.3, -0.25) is 4.79 Å². The van der Waals surface area contributed by atoms with E-state index in [-0.39, 0.29) is 5.91 Å². The van der Waals surface area contributed by atoms with Crippen LogP contribution in [0, 0.1) is 6.92 Å². The van der Waals surface area contributed by atoms with Crippen LogP contribution in [0.25, 0.3) is 33.3 Å². The molecule has 1 saturated heterocycles. The molecule has 5 aromatic rings. The molecule has 6 rings (SSSR count). The van der Waals surface area contributed by atoms with Crippen molar-refractivity contribution in [2.45, 2.75) is 6.92 Å². The SMILES string of the molecule is Cc1cc(-c2cnc3[nH]cc(-c4ccc(C(=O)N(C)c5ccccc5)cc4)c3c2)ccc1N1CCN(C)CC1. The minimum Gasteiger partial charge on any atom is -0.369 e. The molecular weight excluding hydrogens is 482 g/mol. The number of piperazine rings is 1. The number of carbonyl (C=O) groups excluding carboxylic acids is 1. The van der Waals surface area contributed by atoms with E-state index in [0.29, 0.717) is 5.56 Å². The maximum absolute atomic E-state index is 13.0. The zero-order valence-electron chi connectivity index (χ0n) is 22.7. The summed E-state index contributed by atoms with van der Waals surface area (Å²) in [6.45, 7) is 6.50. The maximum atomic E-state index is 13.0. The fourth-order valence-corrected chi connectivity index (χ4v) is 5.39. The first kappa shape index (κ1) is 24.9. The van der Waals surface area contributed by atoms with Gasteiger partial charge in [-0.05, 0) is 73.1 Å². The summed E-state index contributed by atoms with van der Waals surface area (Å²) >= 11 is 0. The molecule has 0 spiro atoms. The summed E-state index contributed by atoms with van der Waals surface area (Å²) in [6.07, 6.45) is 3.93. The summed E-state index contributed by atoms with van der Waals surface area (Å²) in [4.78, 5) is 27.6. The number of aromatic amines is 1. The zero-order valence-corrected chi connectivity index (χ0v) is 22.7. The number of nitrogens with one attached hydrogen (secondary N) is 1. The topological polar surface area (TPSA) is 55.5 Å². The van der Waals surface area contributed by atoms with Crippen molar-refractivity contribution < 1.29 is 4.79 Å². The van der Waals surface area contributed by atoms with E-state index in [1.807, 2.05) is 67.0 Å². The van der Waals surface area contributed by atoms with Gasteiger partial charge in [0.1, 0.15) is 5.65 Å². The van der Waals surface area contributed by atoms with Crippen molar-refractivity contribution in [3.8, 4) is 22.3 Å². The van der Waals surface area contributed by atoms with Gasteiger partial charge in [0, 0.05) is 79.1 Å². The van der Waals surface area contributed by atoms with Crippen LogP contribution in [0.2, 0.25) is 0 Å². The van der Waals surface area contributed by atoms with E-state index in [9.17, 15) is 4.79 Å². The molecule has 3 aromatic carbocycles. The highest BCUT2D eigenvalue weighted by Gasteiger charge is 2.17. The van der Waals surface area contributed by atoms with Crippen molar-refractivity contribution in [1.29, 1.82) is 0 Å². The molecule has 1 aliphatic rings. The van der Waals surface area contributed by atoms with Crippen molar-refractivity contribution in [2.24, 2.45) is 0 Å². The highest BCUT2D eigenvalue weighted by molar-refractivity contribution is 6.06. The van der Waals surface area contributed by atoms with Crippen LogP contribution in [0.3, 0.4) is 0 Å². The average Bonchev–Trinajstić information content (AvgIpc) is 3.41. The van der Waals surface area contributed by atoms with Crippen LogP contribution >= 0.6 is 0 Å². The number of nitrogens with zero attached hydrogens (tertiary/aromatic N) is 4. The summed E-state index contributed by atoms with van der Waals surface area (Å²) in [5.74, 6) is -0.0361.